The van der Waals surface area contributed by atoms with Crippen molar-refractivity contribution in [3.63, 3.8) is 0 Å². The summed E-state index contributed by atoms with van der Waals surface area (Å²) in [5.41, 5.74) is 0. The Bertz CT molecular complexity index is 280. The van der Waals surface area contributed by atoms with Crippen LogP contribution >= 0.6 is 0 Å². The Morgan fingerprint density at radius 3 is 2.65 bits per heavy atom. The summed E-state index contributed by atoms with van der Waals surface area (Å²) in [6, 6.07) is -0.866. The van der Waals surface area contributed by atoms with Gasteiger partial charge in [-0.05, 0) is 25.7 Å². The number of ether oxygens (including phenoxy) is 1. The van der Waals surface area contributed by atoms with Crippen molar-refractivity contribution in [2.24, 2.45) is 5.92 Å². The van der Waals surface area contributed by atoms with Crippen LogP contribution in [0.4, 0.5) is 0 Å². The summed E-state index contributed by atoms with van der Waals surface area (Å²) in [6.07, 6.45) is 4.63. The first-order valence-corrected chi connectivity index (χ1v) is 6.14. The Morgan fingerprint density at radius 2 is 2.06 bits per heavy atom. The molecule has 1 amide bonds. The van der Waals surface area contributed by atoms with E-state index in [-0.39, 0.29) is 18.6 Å². The molecular weight excluding hydrogens is 222 g/mol. The molecule has 5 nitrogen and oxygen atoms in total. The summed E-state index contributed by atoms with van der Waals surface area (Å²) in [6.45, 7) is 3.51. The molecule has 0 spiro atoms. The minimum atomic E-state index is -1.04. The number of hydrogen-bond donors (Lipinski definition) is 2. The van der Waals surface area contributed by atoms with Crippen molar-refractivity contribution in [1.82, 2.24) is 5.32 Å². The lowest BCUT2D eigenvalue weighted by Crippen LogP contribution is -2.41. The van der Waals surface area contributed by atoms with Gasteiger partial charge in [-0.1, -0.05) is 19.8 Å². The predicted octanol–water partition coefficient (Wildman–Crippen LogP) is 1.17. The van der Waals surface area contributed by atoms with Crippen molar-refractivity contribution in [3.05, 3.63) is 0 Å². The molecule has 2 N–H and O–H groups in total. The fourth-order valence-corrected chi connectivity index (χ4v) is 2.06. The van der Waals surface area contributed by atoms with Gasteiger partial charge in [0.1, 0.15) is 12.6 Å². The molecule has 1 aliphatic rings. The molecule has 1 rings (SSSR count). The van der Waals surface area contributed by atoms with E-state index < -0.39 is 12.0 Å². The Kier molecular flexibility index (Phi) is 5.41. The summed E-state index contributed by atoms with van der Waals surface area (Å²) in [5.74, 6) is -0.921. The molecule has 0 aromatic heterocycles. The molecule has 0 heterocycles. The van der Waals surface area contributed by atoms with Gasteiger partial charge in [-0.2, -0.15) is 0 Å². The highest BCUT2D eigenvalue weighted by molar-refractivity contribution is 5.83. The minimum Gasteiger partial charge on any atom is -0.480 e. The van der Waals surface area contributed by atoms with E-state index in [0.29, 0.717) is 5.92 Å². The van der Waals surface area contributed by atoms with Crippen LogP contribution in [-0.4, -0.2) is 35.7 Å². The highest BCUT2D eigenvalue weighted by Gasteiger charge is 2.23. The Hall–Kier alpha value is -1.10. The molecule has 0 aromatic rings. The fraction of sp³-hybridized carbons (Fsp3) is 0.833. The highest BCUT2D eigenvalue weighted by Crippen LogP contribution is 2.25. The third kappa shape index (κ3) is 4.73. The average molecular weight is 243 g/mol. The van der Waals surface area contributed by atoms with Gasteiger partial charge in [0.15, 0.2) is 0 Å². The van der Waals surface area contributed by atoms with Crippen molar-refractivity contribution in [1.29, 1.82) is 0 Å². The van der Waals surface area contributed by atoms with E-state index in [0.717, 1.165) is 19.3 Å². The molecule has 98 valence electrons. The van der Waals surface area contributed by atoms with E-state index in [1.807, 2.05) is 0 Å². The molecule has 1 saturated carbocycles. The van der Waals surface area contributed by atoms with Crippen molar-refractivity contribution in [3.8, 4) is 0 Å². The molecule has 1 aliphatic carbocycles. The molecule has 0 aromatic carbocycles. The van der Waals surface area contributed by atoms with Gasteiger partial charge in [-0.15, -0.1) is 0 Å². The van der Waals surface area contributed by atoms with Gasteiger partial charge >= 0.3 is 5.97 Å². The number of carboxylic acids is 1. The maximum Gasteiger partial charge on any atom is 0.325 e. The molecule has 1 fully saturated rings. The summed E-state index contributed by atoms with van der Waals surface area (Å²) in [4.78, 5) is 21.9. The van der Waals surface area contributed by atoms with Gasteiger partial charge in [0.2, 0.25) is 5.91 Å². The first-order chi connectivity index (χ1) is 8.00. The third-order valence-corrected chi connectivity index (χ3v) is 3.21. The lowest BCUT2D eigenvalue weighted by Gasteiger charge is -2.28. The molecule has 0 aliphatic heterocycles. The van der Waals surface area contributed by atoms with Gasteiger partial charge < -0.3 is 15.2 Å². The van der Waals surface area contributed by atoms with Crippen LogP contribution < -0.4 is 5.32 Å². The maximum absolute atomic E-state index is 11.4. The fourth-order valence-electron chi connectivity index (χ4n) is 2.06. The summed E-state index contributed by atoms with van der Waals surface area (Å²) in [7, 11) is 0. The smallest absolute Gasteiger partial charge is 0.325 e. The first-order valence-electron chi connectivity index (χ1n) is 6.14. The molecule has 0 saturated heterocycles. The van der Waals surface area contributed by atoms with Gasteiger partial charge in [-0.25, -0.2) is 0 Å². The minimum absolute atomic E-state index is 0.0490. The van der Waals surface area contributed by atoms with Gasteiger partial charge in [0, 0.05) is 0 Å². The summed E-state index contributed by atoms with van der Waals surface area (Å²) in [5, 5.41) is 11.0. The summed E-state index contributed by atoms with van der Waals surface area (Å²) >= 11 is 0. The number of amides is 1. The van der Waals surface area contributed by atoms with Crippen LogP contribution in [-0.2, 0) is 14.3 Å². The molecule has 0 radical (unpaired) electrons. The van der Waals surface area contributed by atoms with Crippen molar-refractivity contribution < 1.29 is 19.4 Å². The van der Waals surface area contributed by atoms with Crippen LogP contribution in [0.2, 0.25) is 0 Å². The number of carbonyl (C=O) groups excluding carboxylic acids is 1. The van der Waals surface area contributed by atoms with E-state index in [2.05, 4.69) is 12.2 Å². The van der Waals surface area contributed by atoms with Crippen LogP contribution in [0.3, 0.4) is 0 Å². The second-order valence-electron chi connectivity index (χ2n) is 4.74. The molecule has 0 bridgehead atoms. The molecule has 5 heteroatoms. The van der Waals surface area contributed by atoms with E-state index >= 15 is 0 Å². The summed E-state index contributed by atoms with van der Waals surface area (Å²) < 4.78 is 5.53. The molecular formula is C12H21NO4. The van der Waals surface area contributed by atoms with Gasteiger partial charge in [0.05, 0.1) is 6.10 Å². The van der Waals surface area contributed by atoms with Gasteiger partial charge in [-0.3, -0.25) is 9.59 Å². The van der Waals surface area contributed by atoms with Crippen LogP contribution in [0.5, 0.6) is 0 Å². The Morgan fingerprint density at radius 1 is 1.41 bits per heavy atom. The second-order valence-corrected chi connectivity index (χ2v) is 4.74. The monoisotopic (exact) mass is 243 g/mol. The van der Waals surface area contributed by atoms with Crippen LogP contribution in [0, 0.1) is 5.92 Å². The lowest BCUT2D eigenvalue weighted by molar-refractivity contribution is -0.142. The van der Waals surface area contributed by atoms with E-state index in [4.69, 9.17) is 9.84 Å². The SMILES string of the molecule is CC(NC(=O)COC1CCCCC1C)C(=O)O. The number of rotatable bonds is 5. The molecule has 3 atom stereocenters. The van der Waals surface area contributed by atoms with Gasteiger partial charge in [0.25, 0.3) is 0 Å². The van der Waals surface area contributed by atoms with Crippen molar-refractivity contribution >= 4 is 11.9 Å². The predicted molar refractivity (Wildman–Crippen MR) is 62.6 cm³/mol. The zero-order chi connectivity index (χ0) is 12.8. The first kappa shape index (κ1) is 14.0. The highest BCUT2D eigenvalue weighted by atomic mass is 16.5. The maximum atomic E-state index is 11.4. The van der Waals surface area contributed by atoms with Crippen LogP contribution in [0.15, 0.2) is 0 Å². The average Bonchev–Trinajstić information content (AvgIpc) is 2.27. The quantitative estimate of drug-likeness (QED) is 0.760. The second kappa shape index (κ2) is 6.59. The normalized spacial score (nSPS) is 26.2. The van der Waals surface area contributed by atoms with Crippen LogP contribution in [0.25, 0.3) is 0 Å². The third-order valence-electron chi connectivity index (χ3n) is 3.21. The standard InChI is InChI=1S/C12H21NO4/c1-8-5-3-4-6-10(8)17-7-11(14)13-9(2)12(15)16/h8-10H,3-7H2,1-2H3,(H,13,14)(H,15,16). The Balaban J connectivity index is 2.25. The molecule has 17 heavy (non-hydrogen) atoms. The lowest BCUT2D eigenvalue weighted by atomic mass is 9.88. The number of hydrogen-bond acceptors (Lipinski definition) is 3. The zero-order valence-corrected chi connectivity index (χ0v) is 10.4. The topological polar surface area (TPSA) is 75.6 Å². The number of carboxylic acid groups (broad SMARTS) is 1. The number of carbonyl (C=O) groups is 2. The van der Waals surface area contributed by atoms with E-state index in [1.54, 1.807) is 0 Å². The Labute approximate surface area is 102 Å². The van der Waals surface area contributed by atoms with Crippen molar-refractivity contribution in [2.75, 3.05) is 6.61 Å². The number of nitrogens with one attached hydrogen (secondary N) is 1. The van der Waals surface area contributed by atoms with E-state index in [9.17, 15) is 9.59 Å². The zero-order valence-electron chi connectivity index (χ0n) is 10.4. The van der Waals surface area contributed by atoms with Crippen LogP contribution in [0.1, 0.15) is 39.5 Å². The number of aliphatic carboxylic acids is 1. The largest absolute Gasteiger partial charge is 0.480 e. The molecule has 3 unspecified atom stereocenters. The van der Waals surface area contributed by atoms with E-state index in [1.165, 1.54) is 13.3 Å². The van der Waals surface area contributed by atoms with Crippen molar-refractivity contribution in [2.45, 2.75) is 51.7 Å².